The number of benzene rings is 2. The highest BCUT2D eigenvalue weighted by Crippen LogP contribution is 2.55. The average Bonchev–Trinajstić information content (AvgIpc) is 2.88. The topological polar surface area (TPSA) is 62.2 Å². The summed E-state index contributed by atoms with van der Waals surface area (Å²) in [5, 5.41) is 14.4. The van der Waals surface area contributed by atoms with Gasteiger partial charge < -0.3 is 10.4 Å². The molecule has 2 aliphatic rings. The molecule has 4 nitrogen and oxygen atoms in total. The molecule has 2 N–H and O–H groups in total. The standard InChI is InChI=1S/C32H38N2O2/c1-3-16-31(36)17-18-32(20-24-9-5-4-6-10-24)27(21-31)14-12-25-19-26(13-15-29(25)32)30(35)33-22-28-11-7-8-23(2)34-28/h4-11,13,15,19,27,36H,3,12,14,16-18,20-22H2,1-2H3,(H,33,35)/t27-,31-,32+/m1/s1. The molecule has 1 aromatic heterocycles. The number of nitrogens with zero attached hydrogens (tertiary/aromatic N) is 1. The van der Waals surface area contributed by atoms with Crippen molar-refractivity contribution in [2.75, 3.05) is 0 Å². The zero-order chi connectivity index (χ0) is 25.2. The number of rotatable bonds is 7. The Morgan fingerprint density at radius 1 is 1.08 bits per heavy atom. The summed E-state index contributed by atoms with van der Waals surface area (Å²) in [6.45, 7) is 4.55. The van der Waals surface area contributed by atoms with E-state index in [2.05, 4.69) is 59.7 Å². The number of aryl methyl sites for hydroxylation is 2. The molecule has 3 aromatic rings. The maximum atomic E-state index is 13.0. The lowest BCUT2D eigenvalue weighted by molar-refractivity contribution is -0.0565. The van der Waals surface area contributed by atoms with Crippen molar-refractivity contribution in [1.29, 1.82) is 0 Å². The summed E-state index contributed by atoms with van der Waals surface area (Å²) >= 11 is 0. The van der Waals surface area contributed by atoms with Gasteiger partial charge in [-0.25, -0.2) is 0 Å². The lowest BCUT2D eigenvalue weighted by Gasteiger charge is -2.53. The molecule has 1 heterocycles. The van der Waals surface area contributed by atoms with Crippen LogP contribution in [0.3, 0.4) is 0 Å². The number of hydrogen-bond acceptors (Lipinski definition) is 3. The van der Waals surface area contributed by atoms with Crippen LogP contribution in [-0.4, -0.2) is 21.6 Å². The number of hydrogen-bond donors (Lipinski definition) is 2. The first-order chi connectivity index (χ1) is 17.4. The van der Waals surface area contributed by atoms with E-state index in [1.165, 1.54) is 16.7 Å². The Kier molecular flexibility index (Phi) is 6.98. The van der Waals surface area contributed by atoms with E-state index in [-0.39, 0.29) is 11.3 Å². The first kappa shape index (κ1) is 24.7. The van der Waals surface area contributed by atoms with Crippen molar-refractivity contribution in [3.05, 3.63) is 100 Å². The molecule has 5 rings (SSSR count). The maximum Gasteiger partial charge on any atom is 0.251 e. The molecular weight excluding hydrogens is 444 g/mol. The smallest absolute Gasteiger partial charge is 0.251 e. The SMILES string of the molecule is CCC[C@@]1(O)CC[C@@]2(Cc3ccccc3)c3ccc(C(=O)NCc4cccc(C)n4)cc3CC[C@@H]2C1. The predicted molar refractivity (Wildman–Crippen MR) is 144 cm³/mol. The Bertz CT molecular complexity index is 1220. The number of nitrogens with one attached hydrogen (secondary N) is 1. The molecule has 2 aliphatic carbocycles. The van der Waals surface area contributed by atoms with Gasteiger partial charge in [-0.1, -0.05) is 55.8 Å². The molecule has 3 atom stereocenters. The minimum atomic E-state index is -0.541. The molecule has 0 spiro atoms. The summed E-state index contributed by atoms with van der Waals surface area (Å²) in [5.74, 6) is 0.392. The van der Waals surface area contributed by atoms with Gasteiger partial charge >= 0.3 is 0 Å². The Morgan fingerprint density at radius 2 is 1.92 bits per heavy atom. The lowest BCUT2D eigenvalue weighted by atomic mass is 9.52. The van der Waals surface area contributed by atoms with Crippen LogP contribution in [0.2, 0.25) is 0 Å². The number of pyridine rings is 1. The van der Waals surface area contributed by atoms with Gasteiger partial charge in [0.15, 0.2) is 0 Å². The molecule has 1 fully saturated rings. The molecule has 2 aromatic carbocycles. The van der Waals surface area contributed by atoms with Crippen LogP contribution in [-0.2, 0) is 24.8 Å². The molecule has 36 heavy (non-hydrogen) atoms. The van der Waals surface area contributed by atoms with Crippen molar-refractivity contribution in [2.45, 2.75) is 82.8 Å². The van der Waals surface area contributed by atoms with E-state index in [4.69, 9.17) is 0 Å². The number of aromatic nitrogens is 1. The van der Waals surface area contributed by atoms with Crippen LogP contribution >= 0.6 is 0 Å². The first-order valence-electron chi connectivity index (χ1n) is 13.5. The zero-order valence-electron chi connectivity index (χ0n) is 21.6. The van der Waals surface area contributed by atoms with Crippen molar-refractivity contribution in [2.24, 2.45) is 5.92 Å². The van der Waals surface area contributed by atoms with Gasteiger partial charge in [0.25, 0.3) is 5.91 Å². The Balaban J connectivity index is 1.42. The first-order valence-corrected chi connectivity index (χ1v) is 13.5. The summed E-state index contributed by atoms with van der Waals surface area (Å²) in [6.07, 6.45) is 7.60. The van der Waals surface area contributed by atoms with Gasteiger partial charge in [0.2, 0.25) is 0 Å². The predicted octanol–water partition coefficient (Wildman–Crippen LogP) is 6.08. The van der Waals surface area contributed by atoms with Crippen molar-refractivity contribution >= 4 is 5.91 Å². The third kappa shape index (κ3) is 4.97. The molecule has 1 saturated carbocycles. The van der Waals surface area contributed by atoms with Crippen molar-refractivity contribution in [1.82, 2.24) is 10.3 Å². The van der Waals surface area contributed by atoms with Crippen LogP contribution in [0.4, 0.5) is 0 Å². The quantitative estimate of drug-likeness (QED) is 0.429. The van der Waals surface area contributed by atoms with Crippen LogP contribution in [0.15, 0.2) is 66.7 Å². The highest BCUT2D eigenvalue weighted by atomic mass is 16.3. The minimum Gasteiger partial charge on any atom is -0.390 e. The molecule has 0 unspecified atom stereocenters. The number of fused-ring (bicyclic) bond motifs is 3. The van der Waals surface area contributed by atoms with Crippen LogP contribution < -0.4 is 5.32 Å². The number of amides is 1. The van der Waals surface area contributed by atoms with Gasteiger partial charge in [0.05, 0.1) is 17.8 Å². The molecule has 0 bridgehead atoms. The Labute approximate surface area is 215 Å². The van der Waals surface area contributed by atoms with Gasteiger partial charge in [-0.15, -0.1) is 0 Å². The van der Waals surface area contributed by atoms with Crippen molar-refractivity contribution < 1.29 is 9.90 Å². The molecule has 4 heteroatoms. The summed E-state index contributed by atoms with van der Waals surface area (Å²) in [6, 6.07) is 23.0. The third-order valence-corrected chi connectivity index (χ3v) is 8.56. The highest BCUT2D eigenvalue weighted by molar-refractivity contribution is 5.94. The molecule has 0 saturated heterocycles. The Morgan fingerprint density at radius 3 is 2.69 bits per heavy atom. The van der Waals surface area contributed by atoms with E-state index in [1.54, 1.807) is 0 Å². The Hall–Kier alpha value is -2.98. The van der Waals surface area contributed by atoms with Gasteiger partial charge in [-0.2, -0.15) is 0 Å². The lowest BCUT2D eigenvalue weighted by Crippen LogP contribution is -2.51. The van der Waals surface area contributed by atoms with E-state index < -0.39 is 5.60 Å². The van der Waals surface area contributed by atoms with Gasteiger partial charge in [-0.05, 0) is 98.7 Å². The summed E-state index contributed by atoms with van der Waals surface area (Å²) in [4.78, 5) is 17.5. The molecule has 188 valence electrons. The van der Waals surface area contributed by atoms with Gasteiger partial charge in [-0.3, -0.25) is 9.78 Å². The van der Waals surface area contributed by atoms with E-state index >= 15 is 0 Å². The van der Waals surface area contributed by atoms with Crippen LogP contribution in [0.5, 0.6) is 0 Å². The van der Waals surface area contributed by atoms with E-state index in [0.717, 1.165) is 62.8 Å². The summed E-state index contributed by atoms with van der Waals surface area (Å²) in [7, 11) is 0. The fraction of sp³-hybridized carbons (Fsp3) is 0.438. The van der Waals surface area contributed by atoms with E-state index in [0.29, 0.717) is 18.0 Å². The summed E-state index contributed by atoms with van der Waals surface area (Å²) < 4.78 is 0. The van der Waals surface area contributed by atoms with Crippen LogP contribution in [0.25, 0.3) is 0 Å². The molecule has 1 amide bonds. The monoisotopic (exact) mass is 482 g/mol. The molecular formula is C32H38N2O2. The fourth-order valence-electron chi connectivity index (χ4n) is 6.86. The van der Waals surface area contributed by atoms with E-state index in [1.807, 2.05) is 31.2 Å². The van der Waals surface area contributed by atoms with Gasteiger partial charge in [0.1, 0.15) is 0 Å². The van der Waals surface area contributed by atoms with Gasteiger partial charge in [0, 0.05) is 16.7 Å². The second-order valence-corrected chi connectivity index (χ2v) is 11.1. The second-order valence-electron chi connectivity index (χ2n) is 11.1. The number of aliphatic hydroxyl groups is 1. The summed E-state index contributed by atoms with van der Waals surface area (Å²) in [5.41, 5.74) is 6.04. The fourth-order valence-corrected chi connectivity index (χ4v) is 6.86. The van der Waals surface area contributed by atoms with Crippen molar-refractivity contribution in [3.8, 4) is 0 Å². The van der Waals surface area contributed by atoms with Crippen molar-refractivity contribution in [3.63, 3.8) is 0 Å². The van der Waals surface area contributed by atoms with Crippen LogP contribution in [0.1, 0.15) is 83.9 Å². The highest BCUT2D eigenvalue weighted by Gasteiger charge is 2.51. The molecule has 0 aliphatic heterocycles. The normalized spacial score (nSPS) is 25.0. The third-order valence-electron chi connectivity index (χ3n) is 8.56. The number of carbonyl (C=O) groups is 1. The average molecular weight is 483 g/mol. The zero-order valence-corrected chi connectivity index (χ0v) is 21.6. The molecule has 0 radical (unpaired) electrons. The van der Waals surface area contributed by atoms with Crippen LogP contribution in [0, 0.1) is 12.8 Å². The minimum absolute atomic E-state index is 0.00933. The van der Waals surface area contributed by atoms with E-state index in [9.17, 15) is 9.90 Å². The second kappa shape index (κ2) is 10.2. The maximum absolute atomic E-state index is 13.0. The number of carbonyl (C=O) groups excluding carboxylic acids is 1. The largest absolute Gasteiger partial charge is 0.390 e.